The minimum absolute atomic E-state index is 0.325. The van der Waals surface area contributed by atoms with Crippen molar-refractivity contribution in [2.24, 2.45) is 0 Å². The lowest BCUT2D eigenvalue weighted by atomic mass is 10.2. The van der Waals surface area contributed by atoms with Crippen LogP contribution in [0.1, 0.15) is 11.4 Å². The largest absolute Gasteiger partial charge is 0.333 e. The second-order valence-electron chi connectivity index (χ2n) is 5.05. The number of nitrogens with one attached hydrogen (secondary N) is 1. The Kier molecular flexibility index (Phi) is 3.79. The number of imidazole rings is 1. The lowest BCUT2D eigenvalue weighted by molar-refractivity contribution is 0.335. The summed E-state index contributed by atoms with van der Waals surface area (Å²) in [6, 6.07) is 7.07. The lowest BCUT2D eigenvalue weighted by Gasteiger charge is -2.27. The normalized spacial score (nSPS) is 15.9. The van der Waals surface area contributed by atoms with E-state index in [2.05, 4.69) is 10.3 Å². The maximum atomic E-state index is 12.7. The molecule has 1 N–H and O–H groups in total. The summed E-state index contributed by atoms with van der Waals surface area (Å²) in [5.74, 6) is 0.788. The summed E-state index contributed by atoms with van der Waals surface area (Å²) in [6.07, 6.45) is 3.59. The number of rotatable bonds is 4. The molecule has 0 saturated heterocycles. The van der Waals surface area contributed by atoms with E-state index in [0.29, 0.717) is 31.1 Å². The van der Waals surface area contributed by atoms with Gasteiger partial charge in [0.25, 0.3) is 0 Å². The molecule has 2 heterocycles. The SMILES string of the molecule is CNCc1cccc(S(=O)(=O)N2CCn3ccnc3C2)c1. The molecule has 1 aliphatic heterocycles. The highest BCUT2D eigenvalue weighted by Crippen LogP contribution is 2.21. The summed E-state index contributed by atoms with van der Waals surface area (Å²) < 4.78 is 29.0. The van der Waals surface area contributed by atoms with Crippen LogP contribution in [-0.2, 0) is 29.7 Å². The summed E-state index contributed by atoms with van der Waals surface area (Å²) >= 11 is 0. The molecular formula is C14H18N4O2S. The summed E-state index contributed by atoms with van der Waals surface area (Å²) in [6.45, 7) is 2.09. The molecule has 0 bridgehead atoms. The highest BCUT2D eigenvalue weighted by Gasteiger charge is 2.28. The summed E-state index contributed by atoms with van der Waals surface area (Å²) in [5.41, 5.74) is 0.956. The van der Waals surface area contributed by atoms with Crippen LogP contribution in [0.2, 0.25) is 0 Å². The maximum absolute atomic E-state index is 12.7. The second-order valence-corrected chi connectivity index (χ2v) is 6.99. The van der Waals surface area contributed by atoms with Gasteiger partial charge in [-0.05, 0) is 24.7 Å². The van der Waals surface area contributed by atoms with Crippen LogP contribution >= 0.6 is 0 Å². The smallest absolute Gasteiger partial charge is 0.243 e. The molecule has 1 aromatic carbocycles. The standard InChI is InChI=1S/C14H18N4O2S/c1-15-10-12-3-2-4-13(9-12)21(19,20)18-8-7-17-6-5-16-14(17)11-18/h2-6,9,15H,7-8,10-11H2,1H3. The molecule has 6 nitrogen and oxygen atoms in total. The Hall–Kier alpha value is -1.70. The van der Waals surface area contributed by atoms with Crippen molar-refractivity contribution in [3.8, 4) is 0 Å². The number of nitrogens with zero attached hydrogens (tertiary/aromatic N) is 3. The third-order valence-electron chi connectivity index (χ3n) is 3.63. The van der Waals surface area contributed by atoms with Crippen molar-refractivity contribution in [2.45, 2.75) is 24.5 Å². The number of benzene rings is 1. The van der Waals surface area contributed by atoms with Crippen LogP contribution in [0.4, 0.5) is 0 Å². The first kappa shape index (κ1) is 14.2. The second kappa shape index (κ2) is 5.59. The van der Waals surface area contributed by atoms with Crippen molar-refractivity contribution in [1.29, 1.82) is 0 Å². The molecule has 1 aliphatic rings. The van der Waals surface area contributed by atoms with Gasteiger partial charge in [-0.25, -0.2) is 13.4 Å². The minimum Gasteiger partial charge on any atom is -0.333 e. The van der Waals surface area contributed by atoms with E-state index < -0.39 is 10.0 Å². The van der Waals surface area contributed by atoms with Crippen LogP contribution < -0.4 is 5.32 Å². The van der Waals surface area contributed by atoms with E-state index >= 15 is 0 Å². The van der Waals surface area contributed by atoms with Crippen molar-refractivity contribution in [3.05, 3.63) is 48.0 Å². The molecule has 1 aromatic heterocycles. The highest BCUT2D eigenvalue weighted by atomic mass is 32.2. The Morgan fingerprint density at radius 3 is 3.00 bits per heavy atom. The number of aromatic nitrogens is 2. The predicted molar refractivity (Wildman–Crippen MR) is 79.0 cm³/mol. The van der Waals surface area contributed by atoms with Gasteiger partial charge >= 0.3 is 0 Å². The zero-order valence-electron chi connectivity index (χ0n) is 11.9. The molecule has 0 amide bonds. The summed E-state index contributed by atoms with van der Waals surface area (Å²) in [7, 11) is -1.63. The Labute approximate surface area is 124 Å². The van der Waals surface area contributed by atoms with Crippen molar-refractivity contribution < 1.29 is 8.42 Å². The predicted octanol–water partition coefficient (Wildman–Crippen LogP) is 0.807. The van der Waals surface area contributed by atoms with Gasteiger partial charge in [0.2, 0.25) is 10.0 Å². The Morgan fingerprint density at radius 2 is 2.19 bits per heavy atom. The van der Waals surface area contributed by atoms with Gasteiger partial charge in [-0.1, -0.05) is 12.1 Å². The van der Waals surface area contributed by atoms with E-state index in [9.17, 15) is 8.42 Å². The molecule has 2 aromatic rings. The third-order valence-corrected chi connectivity index (χ3v) is 5.47. The van der Waals surface area contributed by atoms with Crippen molar-refractivity contribution >= 4 is 10.0 Å². The van der Waals surface area contributed by atoms with Crippen LogP contribution in [-0.4, -0.2) is 35.9 Å². The van der Waals surface area contributed by atoms with E-state index in [0.717, 1.165) is 11.4 Å². The van der Waals surface area contributed by atoms with Gasteiger partial charge < -0.3 is 9.88 Å². The number of sulfonamides is 1. The molecule has 3 rings (SSSR count). The molecule has 112 valence electrons. The van der Waals surface area contributed by atoms with Gasteiger partial charge in [0, 0.05) is 32.0 Å². The molecule has 0 radical (unpaired) electrons. The van der Waals surface area contributed by atoms with Gasteiger partial charge in [0.15, 0.2) is 0 Å². The average Bonchev–Trinajstić information content (AvgIpc) is 2.95. The molecule has 0 atom stereocenters. The van der Waals surface area contributed by atoms with Gasteiger partial charge in [-0.15, -0.1) is 0 Å². The molecule has 0 aliphatic carbocycles. The van der Waals surface area contributed by atoms with Gasteiger partial charge in [0.05, 0.1) is 11.4 Å². The van der Waals surface area contributed by atoms with Crippen LogP contribution in [0.15, 0.2) is 41.6 Å². The van der Waals surface area contributed by atoms with Gasteiger partial charge in [0.1, 0.15) is 5.82 Å². The van der Waals surface area contributed by atoms with Gasteiger partial charge in [-0.2, -0.15) is 4.31 Å². The van der Waals surface area contributed by atoms with Crippen LogP contribution in [0, 0.1) is 0 Å². The molecule has 0 fully saturated rings. The Morgan fingerprint density at radius 1 is 1.33 bits per heavy atom. The van der Waals surface area contributed by atoms with Gasteiger partial charge in [-0.3, -0.25) is 0 Å². The fourth-order valence-electron chi connectivity index (χ4n) is 2.53. The first-order valence-electron chi connectivity index (χ1n) is 6.85. The zero-order chi connectivity index (χ0) is 14.9. The average molecular weight is 306 g/mol. The third kappa shape index (κ3) is 2.72. The van der Waals surface area contributed by atoms with Crippen LogP contribution in [0.5, 0.6) is 0 Å². The van der Waals surface area contributed by atoms with E-state index in [1.165, 1.54) is 4.31 Å². The van der Waals surface area contributed by atoms with E-state index in [1.807, 2.05) is 23.9 Å². The topological polar surface area (TPSA) is 67.2 Å². The number of fused-ring (bicyclic) bond motifs is 1. The molecule has 21 heavy (non-hydrogen) atoms. The van der Waals surface area contributed by atoms with E-state index in [-0.39, 0.29) is 0 Å². The van der Waals surface area contributed by atoms with Crippen molar-refractivity contribution in [1.82, 2.24) is 19.2 Å². The minimum atomic E-state index is -3.47. The molecule has 0 saturated carbocycles. The highest BCUT2D eigenvalue weighted by molar-refractivity contribution is 7.89. The van der Waals surface area contributed by atoms with E-state index in [4.69, 9.17) is 0 Å². The molecule has 7 heteroatoms. The lowest BCUT2D eigenvalue weighted by Crippen LogP contribution is -2.38. The molecule has 0 unspecified atom stereocenters. The first-order valence-corrected chi connectivity index (χ1v) is 8.29. The van der Waals surface area contributed by atoms with E-state index in [1.54, 1.807) is 24.4 Å². The zero-order valence-corrected chi connectivity index (χ0v) is 12.7. The van der Waals surface area contributed by atoms with Crippen molar-refractivity contribution in [2.75, 3.05) is 13.6 Å². The summed E-state index contributed by atoms with van der Waals surface area (Å²) in [4.78, 5) is 4.55. The summed E-state index contributed by atoms with van der Waals surface area (Å²) in [5, 5.41) is 3.03. The van der Waals surface area contributed by atoms with Crippen LogP contribution in [0.3, 0.4) is 0 Å². The number of hydrogen-bond acceptors (Lipinski definition) is 4. The Bertz CT molecular complexity index is 739. The van der Waals surface area contributed by atoms with Crippen LogP contribution in [0.25, 0.3) is 0 Å². The molecule has 0 spiro atoms. The quantitative estimate of drug-likeness (QED) is 0.907. The Balaban J connectivity index is 1.89. The fraction of sp³-hybridized carbons (Fsp3) is 0.357. The maximum Gasteiger partial charge on any atom is 0.243 e. The monoisotopic (exact) mass is 306 g/mol. The fourth-order valence-corrected chi connectivity index (χ4v) is 3.98. The van der Waals surface area contributed by atoms with Crippen molar-refractivity contribution in [3.63, 3.8) is 0 Å². The number of hydrogen-bond donors (Lipinski definition) is 1. The molecular weight excluding hydrogens is 288 g/mol. The first-order chi connectivity index (χ1) is 10.1.